The van der Waals surface area contributed by atoms with Crippen LogP contribution in [0.3, 0.4) is 0 Å². The van der Waals surface area contributed by atoms with Gasteiger partial charge in [-0.1, -0.05) is 18.2 Å². The van der Waals surface area contributed by atoms with Crippen LogP contribution in [-0.2, 0) is 7.05 Å². The second-order valence-electron chi connectivity index (χ2n) is 8.28. The Bertz CT molecular complexity index is 1630. The molecule has 36 heavy (non-hydrogen) atoms. The highest BCUT2D eigenvalue weighted by Gasteiger charge is 2.37. The lowest BCUT2D eigenvalue weighted by Gasteiger charge is -2.25. The van der Waals surface area contributed by atoms with Crippen molar-refractivity contribution in [1.82, 2.24) is 29.3 Å². The molecule has 5 aromatic rings. The fraction of sp³-hybridized carbons (Fsp3) is 0.0741. The average molecular weight is 473 g/mol. The fourth-order valence-electron chi connectivity index (χ4n) is 4.54. The largest absolute Gasteiger partial charge is 0.422 e. The number of ether oxygens (including phenoxy) is 1. The summed E-state index contributed by atoms with van der Waals surface area (Å²) in [6, 6.07) is 19.7. The fourth-order valence-corrected chi connectivity index (χ4v) is 4.54. The number of hydrogen-bond acceptors (Lipinski definition) is 7. The summed E-state index contributed by atoms with van der Waals surface area (Å²) in [6.07, 6.45) is 8.89. The van der Waals surface area contributed by atoms with E-state index < -0.39 is 5.92 Å². The van der Waals surface area contributed by atoms with Gasteiger partial charge in [0.15, 0.2) is 0 Å². The highest BCUT2D eigenvalue weighted by atomic mass is 16.5. The summed E-state index contributed by atoms with van der Waals surface area (Å²) in [5.41, 5.74) is 11.4. The topological polar surface area (TPSA) is 120 Å². The van der Waals surface area contributed by atoms with Crippen molar-refractivity contribution in [3.63, 3.8) is 0 Å². The maximum Gasteiger partial charge on any atom is 0.224 e. The molecule has 5 heterocycles. The van der Waals surface area contributed by atoms with E-state index in [1.807, 2.05) is 65.4 Å². The molecule has 2 N–H and O–H groups in total. The van der Waals surface area contributed by atoms with Gasteiger partial charge >= 0.3 is 0 Å². The van der Waals surface area contributed by atoms with E-state index in [1.54, 1.807) is 36.5 Å². The quantitative estimate of drug-likeness (QED) is 0.420. The normalized spacial score (nSPS) is 14.7. The van der Waals surface area contributed by atoms with Crippen LogP contribution < -0.4 is 10.5 Å². The maximum absolute atomic E-state index is 10.0. The standard InChI is InChI=1S/C27H20N8O/c1-34-27-23(24(33-34)21-6-2-3-12-31-21)22(20(15-28)25(29)36-27)17-7-9-19(10-8-17)35-14-13-32-26(35)18-5-4-11-30-16-18/h2-14,16,22H,29H2,1H3. The number of hydrogen-bond donors (Lipinski definition) is 1. The number of fused-ring (bicyclic) bond motifs is 1. The van der Waals surface area contributed by atoms with Gasteiger partial charge in [-0.15, -0.1) is 0 Å². The molecule has 0 amide bonds. The summed E-state index contributed by atoms with van der Waals surface area (Å²) in [5, 5.41) is 14.7. The smallest absolute Gasteiger partial charge is 0.224 e. The van der Waals surface area contributed by atoms with Crippen molar-refractivity contribution in [1.29, 1.82) is 5.26 Å². The third-order valence-corrected chi connectivity index (χ3v) is 6.17. The number of nitrogens with two attached hydrogens (primary N) is 1. The lowest BCUT2D eigenvalue weighted by molar-refractivity contribution is 0.358. The Morgan fingerprint density at radius 2 is 1.86 bits per heavy atom. The van der Waals surface area contributed by atoms with Crippen LogP contribution in [0.25, 0.3) is 28.5 Å². The van der Waals surface area contributed by atoms with Gasteiger partial charge in [0.25, 0.3) is 0 Å². The Hall–Kier alpha value is -5.23. The van der Waals surface area contributed by atoms with E-state index in [2.05, 4.69) is 26.1 Å². The summed E-state index contributed by atoms with van der Waals surface area (Å²) in [5.74, 6) is 0.896. The highest BCUT2D eigenvalue weighted by molar-refractivity contribution is 5.69. The molecule has 174 valence electrons. The molecule has 0 fully saturated rings. The van der Waals surface area contributed by atoms with Crippen molar-refractivity contribution in [3.05, 3.63) is 108 Å². The third kappa shape index (κ3) is 3.40. The van der Waals surface area contributed by atoms with Crippen molar-refractivity contribution in [3.8, 4) is 40.4 Å². The lowest BCUT2D eigenvalue weighted by Crippen LogP contribution is -2.22. The van der Waals surface area contributed by atoms with E-state index in [0.717, 1.165) is 28.2 Å². The Balaban J connectivity index is 1.46. The van der Waals surface area contributed by atoms with Gasteiger partial charge in [0.1, 0.15) is 23.2 Å². The molecule has 0 radical (unpaired) electrons. The van der Waals surface area contributed by atoms with Gasteiger partial charge in [-0.25, -0.2) is 9.67 Å². The van der Waals surface area contributed by atoms with Crippen molar-refractivity contribution in [2.45, 2.75) is 5.92 Å². The molecule has 1 unspecified atom stereocenters. The summed E-state index contributed by atoms with van der Waals surface area (Å²) in [4.78, 5) is 13.2. The molecule has 1 atom stereocenters. The Kier molecular flexibility index (Phi) is 5.05. The van der Waals surface area contributed by atoms with Crippen LogP contribution in [0, 0.1) is 11.3 Å². The van der Waals surface area contributed by atoms with Gasteiger partial charge in [0.2, 0.25) is 11.8 Å². The molecule has 0 saturated carbocycles. The minimum atomic E-state index is -0.459. The number of rotatable bonds is 4. The highest BCUT2D eigenvalue weighted by Crippen LogP contribution is 2.46. The van der Waals surface area contributed by atoms with Crippen LogP contribution in [0.15, 0.2) is 97.0 Å². The Labute approximate surface area is 206 Å². The third-order valence-electron chi connectivity index (χ3n) is 6.17. The van der Waals surface area contributed by atoms with Gasteiger partial charge in [-0.2, -0.15) is 10.4 Å². The molecule has 0 aliphatic carbocycles. The predicted octanol–water partition coefficient (Wildman–Crippen LogP) is 3.95. The molecule has 0 bridgehead atoms. The van der Waals surface area contributed by atoms with Crippen molar-refractivity contribution < 1.29 is 4.74 Å². The van der Waals surface area contributed by atoms with E-state index >= 15 is 0 Å². The summed E-state index contributed by atoms with van der Waals surface area (Å²) in [6.45, 7) is 0. The van der Waals surface area contributed by atoms with Crippen LogP contribution in [0.5, 0.6) is 5.88 Å². The van der Waals surface area contributed by atoms with Crippen LogP contribution in [0.2, 0.25) is 0 Å². The number of benzene rings is 1. The minimum absolute atomic E-state index is 0.0723. The molecule has 6 rings (SSSR count). The molecule has 1 aliphatic rings. The summed E-state index contributed by atoms with van der Waals surface area (Å²) >= 11 is 0. The number of aromatic nitrogens is 6. The molecule has 4 aromatic heterocycles. The van der Waals surface area contributed by atoms with E-state index in [-0.39, 0.29) is 5.88 Å². The van der Waals surface area contributed by atoms with Gasteiger partial charge < -0.3 is 10.5 Å². The first-order valence-electron chi connectivity index (χ1n) is 11.3. The molecule has 0 spiro atoms. The molecule has 0 saturated heterocycles. The van der Waals surface area contributed by atoms with Crippen LogP contribution >= 0.6 is 0 Å². The molecule has 1 aromatic carbocycles. The van der Waals surface area contributed by atoms with Crippen molar-refractivity contribution >= 4 is 0 Å². The monoisotopic (exact) mass is 472 g/mol. The molecule has 9 nitrogen and oxygen atoms in total. The van der Waals surface area contributed by atoms with E-state index in [4.69, 9.17) is 10.5 Å². The van der Waals surface area contributed by atoms with Crippen LogP contribution in [0.4, 0.5) is 0 Å². The molecule has 1 aliphatic heterocycles. The second kappa shape index (κ2) is 8.52. The first-order valence-corrected chi connectivity index (χ1v) is 11.3. The van der Waals surface area contributed by atoms with Gasteiger partial charge in [0, 0.05) is 49.3 Å². The van der Waals surface area contributed by atoms with E-state index in [0.29, 0.717) is 22.8 Å². The number of imidazole rings is 1. The zero-order valence-electron chi connectivity index (χ0n) is 19.3. The number of nitriles is 1. The molecular weight excluding hydrogens is 452 g/mol. The van der Waals surface area contributed by atoms with Crippen molar-refractivity contribution in [2.75, 3.05) is 0 Å². The number of pyridine rings is 2. The lowest BCUT2D eigenvalue weighted by atomic mass is 9.83. The SMILES string of the molecule is Cn1nc(-c2ccccn2)c2c1OC(N)=C(C#N)C2c1ccc(-n2ccnc2-c2cccnc2)cc1. The minimum Gasteiger partial charge on any atom is -0.422 e. The first kappa shape index (κ1) is 21.3. The number of allylic oxidation sites excluding steroid dienone is 1. The summed E-state index contributed by atoms with van der Waals surface area (Å²) in [7, 11) is 1.79. The first-order chi connectivity index (χ1) is 17.7. The Morgan fingerprint density at radius 1 is 1.00 bits per heavy atom. The van der Waals surface area contributed by atoms with Crippen molar-refractivity contribution in [2.24, 2.45) is 12.8 Å². The molecule has 9 heteroatoms. The zero-order chi connectivity index (χ0) is 24.6. The van der Waals surface area contributed by atoms with E-state index in [9.17, 15) is 5.26 Å². The zero-order valence-corrected chi connectivity index (χ0v) is 19.3. The van der Waals surface area contributed by atoms with Crippen LogP contribution in [-0.4, -0.2) is 29.3 Å². The van der Waals surface area contributed by atoms with Gasteiger partial charge in [-0.3, -0.25) is 14.5 Å². The average Bonchev–Trinajstić information content (AvgIpc) is 3.54. The maximum atomic E-state index is 10.0. The Morgan fingerprint density at radius 3 is 2.58 bits per heavy atom. The van der Waals surface area contributed by atoms with E-state index in [1.165, 1.54) is 0 Å². The second-order valence-corrected chi connectivity index (χ2v) is 8.28. The number of aryl methyl sites for hydroxylation is 1. The van der Waals surface area contributed by atoms with Crippen LogP contribution in [0.1, 0.15) is 17.0 Å². The number of nitrogens with zero attached hydrogens (tertiary/aromatic N) is 7. The van der Waals surface area contributed by atoms with Gasteiger partial charge in [0.05, 0.1) is 17.2 Å². The predicted molar refractivity (Wildman–Crippen MR) is 133 cm³/mol. The molecular formula is C27H20N8O. The van der Waals surface area contributed by atoms with Gasteiger partial charge in [-0.05, 0) is 42.0 Å². The summed E-state index contributed by atoms with van der Waals surface area (Å²) < 4.78 is 9.48.